The number of rotatable bonds is 6. The van der Waals surface area contributed by atoms with E-state index in [1.807, 2.05) is 25.7 Å². The summed E-state index contributed by atoms with van der Waals surface area (Å²) >= 11 is 5.44. The lowest BCUT2D eigenvalue weighted by Gasteiger charge is -2.28. The van der Waals surface area contributed by atoms with Gasteiger partial charge in [0.1, 0.15) is 0 Å². The second-order valence-electron chi connectivity index (χ2n) is 3.75. The maximum absolute atomic E-state index is 11.0. The summed E-state index contributed by atoms with van der Waals surface area (Å²) < 4.78 is 0. The summed E-state index contributed by atoms with van der Waals surface area (Å²) in [5.74, 6) is 0. The highest BCUT2D eigenvalue weighted by Gasteiger charge is 2.27. The van der Waals surface area contributed by atoms with Crippen molar-refractivity contribution in [3.63, 3.8) is 0 Å². The molecule has 0 atom stereocenters. The Morgan fingerprint density at radius 2 is 2.08 bits per heavy atom. The Labute approximate surface area is 84.7 Å². The van der Waals surface area contributed by atoms with Crippen LogP contribution in [0.5, 0.6) is 0 Å². The summed E-state index contributed by atoms with van der Waals surface area (Å²) in [6, 6.07) is 0. The molecule has 0 aromatic rings. The van der Waals surface area contributed by atoms with Gasteiger partial charge in [0.15, 0.2) is 0 Å². The minimum absolute atomic E-state index is 0.112. The first-order chi connectivity index (χ1) is 5.94. The van der Waals surface area contributed by atoms with Crippen molar-refractivity contribution in [3.8, 4) is 0 Å². The fourth-order valence-corrected chi connectivity index (χ4v) is 1.17. The molecule has 4 heteroatoms. The molecule has 3 nitrogen and oxygen atoms in total. The van der Waals surface area contributed by atoms with Crippen LogP contribution in [0.25, 0.3) is 0 Å². The van der Waals surface area contributed by atoms with Crippen LogP contribution < -0.4 is 0 Å². The Hall–Kier alpha value is -0.120. The highest BCUT2D eigenvalue weighted by atomic mass is 35.5. The lowest BCUT2D eigenvalue weighted by Crippen LogP contribution is -2.38. The topological polar surface area (TPSA) is 40.5 Å². The van der Waals surface area contributed by atoms with E-state index < -0.39 is 5.41 Å². The second-order valence-corrected chi connectivity index (χ2v) is 4.09. The number of likely N-dealkylation sites (N-methyl/N-ethyl adjacent to an activating group) is 1. The monoisotopic (exact) mass is 207 g/mol. The van der Waals surface area contributed by atoms with Gasteiger partial charge in [-0.3, -0.25) is 4.79 Å². The second kappa shape index (κ2) is 5.58. The Morgan fingerprint density at radius 3 is 2.38 bits per heavy atom. The van der Waals surface area contributed by atoms with Gasteiger partial charge in [0, 0.05) is 13.1 Å². The zero-order valence-electron chi connectivity index (χ0n) is 8.51. The van der Waals surface area contributed by atoms with Gasteiger partial charge < -0.3 is 10.0 Å². The van der Waals surface area contributed by atoms with E-state index in [2.05, 4.69) is 0 Å². The van der Waals surface area contributed by atoms with E-state index >= 15 is 0 Å². The molecule has 0 aliphatic heterocycles. The molecule has 0 amide bonds. The molecule has 0 rings (SSSR count). The number of aliphatic hydroxyl groups is 1. The number of carbonyl (C=O) groups excluding carboxylic acids is 1. The molecule has 13 heavy (non-hydrogen) atoms. The molecule has 0 bridgehead atoms. The average Bonchev–Trinajstić information content (AvgIpc) is 2.03. The van der Waals surface area contributed by atoms with Gasteiger partial charge in [0.05, 0.1) is 12.0 Å². The first-order valence-corrected chi connectivity index (χ1v) is 4.85. The maximum atomic E-state index is 11.0. The number of hydrogen-bond donors (Lipinski definition) is 1. The first kappa shape index (κ1) is 12.9. The van der Waals surface area contributed by atoms with Crippen LogP contribution in [0, 0.1) is 5.41 Å². The summed E-state index contributed by atoms with van der Waals surface area (Å²) in [4.78, 5) is 13.0. The van der Waals surface area contributed by atoms with Crippen molar-refractivity contribution in [2.45, 2.75) is 20.8 Å². The van der Waals surface area contributed by atoms with Crippen LogP contribution in [-0.4, -0.2) is 41.5 Å². The van der Waals surface area contributed by atoms with Gasteiger partial charge in [-0.25, -0.2) is 0 Å². The largest absolute Gasteiger partial charge is 0.395 e. The predicted octanol–water partition coefficient (Wildman–Crippen LogP) is 1.09. The van der Waals surface area contributed by atoms with E-state index in [4.69, 9.17) is 16.7 Å². The molecule has 0 aliphatic carbocycles. The van der Waals surface area contributed by atoms with E-state index in [1.54, 1.807) is 0 Å². The fourth-order valence-electron chi connectivity index (χ4n) is 1.11. The van der Waals surface area contributed by atoms with Crippen molar-refractivity contribution in [3.05, 3.63) is 0 Å². The Morgan fingerprint density at radius 1 is 1.54 bits per heavy atom. The summed E-state index contributed by atoms with van der Waals surface area (Å²) in [7, 11) is 0. The summed E-state index contributed by atoms with van der Waals surface area (Å²) in [6.07, 6.45) is 0. The molecule has 0 radical (unpaired) electrons. The third kappa shape index (κ3) is 4.60. The Bertz CT molecular complexity index is 171. The van der Waals surface area contributed by atoms with Crippen LogP contribution in [0.1, 0.15) is 20.8 Å². The van der Waals surface area contributed by atoms with Crippen LogP contribution in [0.3, 0.4) is 0 Å². The molecule has 0 fully saturated rings. The van der Waals surface area contributed by atoms with E-state index in [0.29, 0.717) is 13.1 Å². The van der Waals surface area contributed by atoms with Crippen LogP contribution in [0.4, 0.5) is 0 Å². The van der Waals surface area contributed by atoms with E-state index in [0.717, 1.165) is 6.54 Å². The van der Waals surface area contributed by atoms with E-state index in [9.17, 15) is 4.79 Å². The number of hydrogen-bond acceptors (Lipinski definition) is 3. The molecule has 0 saturated carbocycles. The van der Waals surface area contributed by atoms with Crippen molar-refractivity contribution in [1.82, 2.24) is 4.90 Å². The van der Waals surface area contributed by atoms with Crippen LogP contribution >= 0.6 is 11.6 Å². The maximum Gasteiger partial charge on any atom is 0.228 e. The summed E-state index contributed by atoms with van der Waals surface area (Å²) in [5.41, 5.74) is -0.535. The fraction of sp³-hybridized carbons (Fsp3) is 0.889. The van der Waals surface area contributed by atoms with Crippen LogP contribution in [0.2, 0.25) is 0 Å². The standard InChI is InChI=1S/C9H18ClNO2/c1-4-11(5-6-12)7-9(2,3)8(10)13/h12H,4-7H2,1-3H3. The number of aliphatic hydroxyl groups excluding tert-OH is 1. The quantitative estimate of drug-likeness (QED) is 0.663. The predicted molar refractivity (Wildman–Crippen MR) is 53.8 cm³/mol. The third-order valence-electron chi connectivity index (χ3n) is 2.01. The van der Waals surface area contributed by atoms with Crippen molar-refractivity contribution in [1.29, 1.82) is 0 Å². The van der Waals surface area contributed by atoms with Crippen molar-refractivity contribution in [2.24, 2.45) is 5.41 Å². The zero-order chi connectivity index (χ0) is 10.5. The lowest BCUT2D eigenvalue weighted by atomic mass is 9.95. The third-order valence-corrected chi connectivity index (χ3v) is 2.53. The molecule has 0 heterocycles. The smallest absolute Gasteiger partial charge is 0.228 e. The molecule has 0 spiro atoms. The Kier molecular flexibility index (Phi) is 5.53. The normalized spacial score (nSPS) is 12.2. The molecule has 0 aromatic heterocycles. The number of halogens is 1. The minimum Gasteiger partial charge on any atom is -0.395 e. The Balaban J connectivity index is 4.13. The van der Waals surface area contributed by atoms with Gasteiger partial charge in [-0.15, -0.1) is 0 Å². The van der Waals surface area contributed by atoms with E-state index in [-0.39, 0.29) is 11.8 Å². The molecule has 78 valence electrons. The molecule has 1 N–H and O–H groups in total. The van der Waals surface area contributed by atoms with Gasteiger partial charge in [-0.1, -0.05) is 20.8 Å². The highest BCUT2D eigenvalue weighted by molar-refractivity contribution is 6.64. The average molecular weight is 208 g/mol. The van der Waals surface area contributed by atoms with Crippen LogP contribution in [0.15, 0.2) is 0 Å². The summed E-state index contributed by atoms with van der Waals surface area (Å²) in [5, 5.41) is 8.41. The van der Waals surface area contributed by atoms with Gasteiger partial charge >= 0.3 is 0 Å². The van der Waals surface area contributed by atoms with Crippen LogP contribution in [-0.2, 0) is 4.79 Å². The number of carbonyl (C=O) groups is 1. The van der Waals surface area contributed by atoms with Gasteiger partial charge in [0.25, 0.3) is 0 Å². The molecule has 0 unspecified atom stereocenters. The van der Waals surface area contributed by atoms with Crippen molar-refractivity contribution in [2.75, 3.05) is 26.2 Å². The first-order valence-electron chi connectivity index (χ1n) is 4.47. The minimum atomic E-state index is -0.535. The molecule has 0 aromatic carbocycles. The van der Waals surface area contributed by atoms with Gasteiger partial charge in [0.2, 0.25) is 5.24 Å². The van der Waals surface area contributed by atoms with Gasteiger partial charge in [-0.05, 0) is 18.1 Å². The van der Waals surface area contributed by atoms with Gasteiger partial charge in [-0.2, -0.15) is 0 Å². The lowest BCUT2D eigenvalue weighted by molar-refractivity contribution is -0.119. The molecular formula is C9H18ClNO2. The SMILES string of the molecule is CCN(CCO)CC(C)(C)C(=O)Cl. The number of nitrogens with zero attached hydrogens (tertiary/aromatic N) is 1. The van der Waals surface area contributed by atoms with Crippen molar-refractivity contribution < 1.29 is 9.90 Å². The molecule has 0 aliphatic rings. The van der Waals surface area contributed by atoms with Crippen molar-refractivity contribution >= 4 is 16.8 Å². The summed E-state index contributed by atoms with van der Waals surface area (Å²) in [6.45, 7) is 7.71. The zero-order valence-corrected chi connectivity index (χ0v) is 9.26. The van der Waals surface area contributed by atoms with E-state index in [1.165, 1.54) is 0 Å². The highest BCUT2D eigenvalue weighted by Crippen LogP contribution is 2.20. The molecular weight excluding hydrogens is 190 g/mol. The molecule has 0 saturated heterocycles.